The van der Waals surface area contributed by atoms with E-state index in [4.69, 9.17) is 5.73 Å². The van der Waals surface area contributed by atoms with Crippen molar-refractivity contribution in [3.63, 3.8) is 0 Å². The monoisotopic (exact) mass is 243 g/mol. The van der Waals surface area contributed by atoms with Gasteiger partial charge in [-0.15, -0.1) is 0 Å². The largest absolute Gasteiger partial charge is 0.384 e. The van der Waals surface area contributed by atoms with Gasteiger partial charge in [0.1, 0.15) is 5.82 Å². The molecular weight excluding hydrogens is 226 g/mol. The van der Waals surface area contributed by atoms with Crippen LogP contribution >= 0.6 is 0 Å². The minimum Gasteiger partial charge on any atom is -0.384 e. The van der Waals surface area contributed by atoms with Crippen molar-refractivity contribution < 1.29 is 8.42 Å². The lowest BCUT2D eigenvalue weighted by Crippen LogP contribution is -2.36. The Labute approximate surface area is 96.1 Å². The summed E-state index contributed by atoms with van der Waals surface area (Å²) in [5.74, 6) is 0.425. The van der Waals surface area contributed by atoms with Gasteiger partial charge in [-0.2, -0.15) is 0 Å². The molecule has 90 valence electrons. The fourth-order valence-corrected chi connectivity index (χ4v) is 2.46. The number of nitrogen functional groups attached to an aromatic ring is 1. The lowest BCUT2D eigenvalue weighted by atomic mass is 10.1. The van der Waals surface area contributed by atoms with Crippen LogP contribution in [0.3, 0.4) is 0 Å². The van der Waals surface area contributed by atoms with E-state index in [1.165, 1.54) is 18.3 Å². The molecule has 1 unspecified atom stereocenters. The zero-order valence-electron chi connectivity index (χ0n) is 9.64. The van der Waals surface area contributed by atoms with Crippen LogP contribution in [0.5, 0.6) is 0 Å². The topological polar surface area (TPSA) is 85.1 Å². The molecule has 5 nitrogen and oxygen atoms in total. The summed E-state index contributed by atoms with van der Waals surface area (Å²) >= 11 is 0. The summed E-state index contributed by atoms with van der Waals surface area (Å²) in [6.07, 6.45) is 1.38. The molecule has 0 saturated heterocycles. The van der Waals surface area contributed by atoms with Crippen LogP contribution in [0.1, 0.15) is 20.8 Å². The molecule has 1 aromatic rings. The first-order valence-corrected chi connectivity index (χ1v) is 6.55. The van der Waals surface area contributed by atoms with E-state index in [0.29, 0.717) is 0 Å². The van der Waals surface area contributed by atoms with Crippen molar-refractivity contribution in [2.45, 2.75) is 31.7 Å². The predicted molar refractivity (Wildman–Crippen MR) is 63.3 cm³/mol. The Kier molecular flexibility index (Phi) is 3.88. The maximum atomic E-state index is 11.9. The standard InChI is InChI=1S/C10H17N3O2S/c1-7(2)8(3)13-16(14,15)9-4-5-12-10(11)6-9/h4-8,13H,1-3H3,(H2,11,12). The Morgan fingerprint density at radius 3 is 2.50 bits per heavy atom. The van der Waals surface area contributed by atoms with Crippen molar-refractivity contribution >= 4 is 15.8 Å². The average molecular weight is 243 g/mol. The molecule has 0 bridgehead atoms. The second kappa shape index (κ2) is 4.80. The number of sulfonamides is 1. The first-order valence-electron chi connectivity index (χ1n) is 5.07. The van der Waals surface area contributed by atoms with Crippen molar-refractivity contribution in [3.05, 3.63) is 18.3 Å². The zero-order chi connectivity index (χ0) is 12.3. The van der Waals surface area contributed by atoms with E-state index in [0.717, 1.165) is 0 Å². The molecule has 0 amide bonds. The van der Waals surface area contributed by atoms with Gasteiger partial charge in [-0.1, -0.05) is 13.8 Å². The molecule has 0 aliphatic carbocycles. The highest BCUT2D eigenvalue weighted by atomic mass is 32.2. The SMILES string of the molecule is CC(C)C(C)NS(=O)(=O)c1ccnc(N)c1. The van der Waals surface area contributed by atoms with E-state index < -0.39 is 10.0 Å². The van der Waals surface area contributed by atoms with Crippen LogP contribution in [0.4, 0.5) is 5.82 Å². The van der Waals surface area contributed by atoms with Crippen molar-refractivity contribution in [2.75, 3.05) is 5.73 Å². The Balaban J connectivity index is 2.95. The van der Waals surface area contributed by atoms with Crippen molar-refractivity contribution in [2.24, 2.45) is 5.92 Å². The normalized spacial score (nSPS) is 14.0. The van der Waals surface area contributed by atoms with Crippen molar-refractivity contribution in [1.82, 2.24) is 9.71 Å². The van der Waals surface area contributed by atoms with E-state index >= 15 is 0 Å². The number of pyridine rings is 1. The van der Waals surface area contributed by atoms with E-state index in [-0.39, 0.29) is 22.7 Å². The molecule has 0 spiro atoms. The summed E-state index contributed by atoms with van der Waals surface area (Å²) in [6, 6.07) is 2.64. The maximum absolute atomic E-state index is 11.9. The third-order valence-corrected chi connectivity index (χ3v) is 3.96. The van der Waals surface area contributed by atoms with E-state index in [2.05, 4.69) is 9.71 Å². The summed E-state index contributed by atoms with van der Waals surface area (Å²) < 4.78 is 26.4. The van der Waals surface area contributed by atoms with Gasteiger partial charge in [0.15, 0.2) is 0 Å². The van der Waals surface area contributed by atoms with E-state index in [1.807, 2.05) is 20.8 Å². The highest BCUT2D eigenvalue weighted by Gasteiger charge is 2.19. The van der Waals surface area contributed by atoms with Gasteiger partial charge in [-0.05, 0) is 18.9 Å². The fourth-order valence-electron chi connectivity index (χ4n) is 1.04. The number of hydrogen-bond acceptors (Lipinski definition) is 4. The van der Waals surface area contributed by atoms with E-state index in [9.17, 15) is 8.42 Å². The van der Waals surface area contributed by atoms with Gasteiger partial charge in [0.05, 0.1) is 4.90 Å². The number of rotatable bonds is 4. The van der Waals surface area contributed by atoms with Crippen molar-refractivity contribution in [1.29, 1.82) is 0 Å². The quantitative estimate of drug-likeness (QED) is 0.825. The lowest BCUT2D eigenvalue weighted by Gasteiger charge is -2.17. The minimum absolute atomic E-state index is 0.126. The lowest BCUT2D eigenvalue weighted by molar-refractivity contribution is 0.476. The molecular formula is C10H17N3O2S. The number of nitrogens with one attached hydrogen (secondary N) is 1. The Hall–Kier alpha value is -1.14. The zero-order valence-corrected chi connectivity index (χ0v) is 10.5. The number of nitrogens with two attached hydrogens (primary N) is 1. The summed E-state index contributed by atoms with van der Waals surface area (Å²) in [4.78, 5) is 3.90. The molecule has 0 saturated carbocycles. The van der Waals surface area contributed by atoms with Crippen LogP contribution in [0.15, 0.2) is 23.2 Å². The maximum Gasteiger partial charge on any atom is 0.241 e. The molecule has 0 fully saturated rings. The van der Waals surface area contributed by atoms with Gasteiger partial charge in [-0.3, -0.25) is 0 Å². The van der Waals surface area contributed by atoms with Gasteiger partial charge in [-0.25, -0.2) is 18.1 Å². The van der Waals surface area contributed by atoms with Gasteiger partial charge in [0.2, 0.25) is 10.0 Å². The van der Waals surface area contributed by atoms with Crippen LogP contribution in [0.25, 0.3) is 0 Å². The summed E-state index contributed by atoms with van der Waals surface area (Å²) in [5.41, 5.74) is 5.44. The van der Waals surface area contributed by atoms with Gasteiger partial charge >= 0.3 is 0 Å². The highest BCUT2D eigenvalue weighted by molar-refractivity contribution is 7.89. The molecule has 1 atom stereocenters. The third-order valence-electron chi connectivity index (χ3n) is 2.40. The fraction of sp³-hybridized carbons (Fsp3) is 0.500. The second-order valence-corrected chi connectivity index (χ2v) is 5.78. The van der Waals surface area contributed by atoms with Crippen molar-refractivity contribution in [3.8, 4) is 0 Å². The van der Waals surface area contributed by atoms with Crippen LogP contribution in [-0.4, -0.2) is 19.4 Å². The summed E-state index contributed by atoms with van der Waals surface area (Å²) in [7, 11) is -3.50. The molecule has 16 heavy (non-hydrogen) atoms. The van der Waals surface area contributed by atoms with Crippen LogP contribution in [-0.2, 0) is 10.0 Å². The van der Waals surface area contributed by atoms with Crippen LogP contribution in [0.2, 0.25) is 0 Å². The number of hydrogen-bond donors (Lipinski definition) is 2. The molecule has 0 aromatic carbocycles. The molecule has 0 radical (unpaired) electrons. The molecule has 0 aliphatic rings. The molecule has 3 N–H and O–H groups in total. The Morgan fingerprint density at radius 2 is 2.00 bits per heavy atom. The third kappa shape index (κ3) is 3.18. The van der Waals surface area contributed by atoms with Crippen LogP contribution < -0.4 is 10.5 Å². The number of anilines is 1. The first kappa shape index (κ1) is 12.9. The summed E-state index contributed by atoms with van der Waals surface area (Å²) in [6.45, 7) is 5.73. The van der Waals surface area contributed by atoms with Crippen LogP contribution in [0, 0.1) is 5.92 Å². The van der Waals surface area contributed by atoms with E-state index in [1.54, 1.807) is 0 Å². The second-order valence-electron chi connectivity index (χ2n) is 4.07. The molecule has 1 aromatic heterocycles. The molecule has 1 heterocycles. The average Bonchev–Trinajstić information content (AvgIpc) is 2.17. The number of aromatic nitrogens is 1. The summed E-state index contributed by atoms with van der Waals surface area (Å²) in [5, 5.41) is 0. The first-order chi connectivity index (χ1) is 7.33. The minimum atomic E-state index is -3.50. The van der Waals surface area contributed by atoms with Gasteiger partial charge in [0.25, 0.3) is 0 Å². The van der Waals surface area contributed by atoms with Gasteiger partial charge < -0.3 is 5.73 Å². The van der Waals surface area contributed by atoms with Gasteiger partial charge in [0, 0.05) is 18.3 Å². The smallest absolute Gasteiger partial charge is 0.241 e. The predicted octanol–water partition coefficient (Wildman–Crippen LogP) is 0.987. The highest BCUT2D eigenvalue weighted by Crippen LogP contribution is 2.12. The molecule has 0 aliphatic heterocycles. The Morgan fingerprint density at radius 1 is 1.38 bits per heavy atom. The Bertz CT molecular complexity index is 457. The molecule has 1 rings (SSSR count). The molecule has 6 heteroatoms. The number of nitrogens with zero attached hydrogens (tertiary/aromatic N) is 1.